The number of carboxylic acid groups (broad SMARTS) is 1. The third-order valence-electron chi connectivity index (χ3n) is 3.31. The summed E-state index contributed by atoms with van der Waals surface area (Å²) in [5.74, 6) is -1.57. The summed E-state index contributed by atoms with van der Waals surface area (Å²) in [5.41, 5.74) is 0.419. The molecule has 0 saturated carbocycles. The fraction of sp³-hybridized carbons (Fsp3) is 0.429. The first-order valence-electron chi connectivity index (χ1n) is 6.50. The van der Waals surface area contributed by atoms with Gasteiger partial charge in [0, 0.05) is 35.4 Å². The van der Waals surface area contributed by atoms with Gasteiger partial charge in [-0.1, -0.05) is 0 Å². The fourth-order valence-corrected chi connectivity index (χ4v) is 3.28. The summed E-state index contributed by atoms with van der Waals surface area (Å²) in [5, 5.41) is 9.13. The van der Waals surface area contributed by atoms with Gasteiger partial charge < -0.3 is 18.2 Å². The lowest BCUT2D eigenvalue weighted by atomic mass is 9.93. The van der Waals surface area contributed by atoms with Crippen molar-refractivity contribution >= 4 is 35.8 Å². The molecule has 1 aromatic rings. The second-order valence-corrected chi connectivity index (χ2v) is 6.56. The van der Waals surface area contributed by atoms with E-state index in [1.54, 1.807) is 12.1 Å². The van der Waals surface area contributed by atoms with Crippen LogP contribution < -0.4 is 4.74 Å². The van der Waals surface area contributed by atoms with E-state index in [1.165, 1.54) is 21.1 Å². The topological polar surface area (TPSA) is 82.1 Å². The number of benzene rings is 1. The molecule has 1 N–H and O–H groups in total. The molecule has 0 amide bonds. The standard InChI is InChI=1S/C14H16O6S2/c1-7(14(16)17)9-6-8(15)12-10(21-18-2)4-5-11(22-19-3)13(12)20-9/h4-5,7,9H,6H2,1-3H3,(H,16,17). The Kier molecular flexibility index (Phi) is 5.74. The second-order valence-electron chi connectivity index (χ2n) is 4.68. The summed E-state index contributed by atoms with van der Waals surface area (Å²) in [6, 6.07) is 3.52. The Morgan fingerprint density at radius 3 is 2.50 bits per heavy atom. The highest BCUT2D eigenvalue weighted by Gasteiger charge is 2.36. The molecule has 2 atom stereocenters. The van der Waals surface area contributed by atoms with E-state index in [-0.39, 0.29) is 12.2 Å². The van der Waals surface area contributed by atoms with Gasteiger partial charge in [0.1, 0.15) is 11.9 Å². The number of hydrogen-bond acceptors (Lipinski definition) is 7. The van der Waals surface area contributed by atoms with Gasteiger partial charge in [-0.25, -0.2) is 0 Å². The predicted octanol–water partition coefficient (Wildman–Crippen LogP) is 3.05. The lowest BCUT2D eigenvalue weighted by Crippen LogP contribution is -2.36. The van der Waals surface area contributed by atoms with Crippen LogP contribution in [-0.2, 0) is 13.2 Å². The Bertz CT molecular complexity index is 589. The fourth-order valence-electron chi connectivity index (χ4n) is 2.16. The van der Waals surface area contributed by atoms with Crippen LogP contribution in [0.25, 0.3) is 0 Å². The third kappa shape index (κ3) is 3.40. The maximum absolute atomic E-state index is 12.5. The molecule has 0 spiro atoms. The van der Waals surface area contributed by atoms with Gasteiger partial charge in [0.05, 0.1) is 30.6 Å². The van der Waals surface area contributed by atoms with Gasteiger partial charge in [-0.2, -0.15) is 0 Å². The molecule has 1 aromatic carbocycles. The highest BCUT2D eigenvalue weighted by molar-refractivity contribution is 7.95. The van der Waals surface area contributed by atoms with E-state index < -0.39 is 18.0 Å². The van der Waals surface area contributed by atoms with Crippen molar-refractivity contribution in [1.29, 1.82) is 0 Å². The highest BCUT2D eigenvalue weighted by atomic mass is 32.2. The van der Waals surface area contributed by atoms with E-state index in [1.807, 2.05) is 0 Å². The Labute approximate surface area is 136 Å². The molecule has 0 aliphatic carbocycles. The lowest BCUT2D eigenvalue weighted by Gasteiger charge is -2.29. The van der Waals surface area contributed by atoms with Crippen molar-refractivity contribution in [3.05, 3.63) is 17.7 Å². The number of carbonyl (C=O) groups is 2. The largest absolute Gasteiger partial charge is 0.487 e. The molecule has 0 fully saturated rings. The van der Waals surface area contributed by atoms with Crippen LogP contribution in [0.3, 0.4) is 0 Å². The number of ether oxygens (including phenoxy) is 1. The normalized spacial score (nSPS) is 18.5. The minimum atomic E-state index is -0.996. The van der Waals surface area contributed by atoms with Gasteiger partial charge in [-0.15, -0.1) is 0 Å². The zero-order valence-electron chi connectivity index (χ0n) is 12.3. The monoisotopic (exact) mass is 344 g/mol. The molecule has 2 rings (SSSR count). The van der Waals surface area contributed by atoms with Crippen molar-refractivity contribution in [1.82, 2.24) is 0 Å². The van der Waals surface area contributed by atoms with Crippen LogP contribution in [0.4, 0.5) is 0 Å². The first-order chi connectivity index (χ1) is 10.5. The molecule has 0 radical (unpaired) electrons. The van der Waals surface area contributed by atoms with Crippen molar-refractivity contribution in [2.75, 3.05) is 14.2 Å². The van der Waals surface area contributed by atoms with Gasteiger partial charge >= 0.3 is 5.97 Å². The van der Waals surface area contributed by atoms with E-state index in [0.717, 1.165) is 24.1 Å². The van der Waals surface area contributed by atoms with E-state index in [0.29, 0.717) is 21.1 Å². The number of fused-ring (bicyclic) bond motifs is 1. The Hall–Kier alpha value is -1.22. The van der Waals surface area contributed by atoms with Gasteiger partial charge in [0.15, 0.2) is 5.78 Å². The van der Waals surface area contributed by atoms with Crippen molar-refractivity contribution < 1.29 is 27.8 Å². The summed E-state index contributed by atoms with van der Waals surface area (Å²) < 4.78 is 15.9. The lowest BCUT2D eigenvalue weighted by molar-refractivity contribution is -0.144. The quantitative estimate of drug-likeness (QED) is 0.789. The molecule has 0 aromatic heterocycles. The maximum atomic E-state index is 12.5. The molecule has 1 heterocycles. The smallest absolute Gasteiger partial charge is 0.309 e. The molecule has 8 heteroatoms. The summed E-state index contributed by atoms with van der Waals surface area (Å²) in [7, 11) is 3.02. The van der Waals surface area contributed by atoms with Crippen molar-refractivity contribution in [2.24, 2.45) is 5.92 Å². The minimum absolute atomic E-state index is 0.0266. The van der Waals surface area contributed by atoms with Crippen molar-refractivity contribution in [3.8, 4) is 5.75 Å². The Morgan fingerprint density at radius 1 is 1.32 bits per heavy atom. The predicted molar refractivity (Wildman–Crippen MR) is 82.3 cm³/mol. The average molecular weight is 344 g/mol. The zero-order valence-corrected chi connectivity index (χ0v) is 14.0. The first kappa shape index (κ1) is 17.1. The molecule has 22 heavy (non-hydrogen) atoms. The number of carboxylic acids is 1. The van der Waals surface area contributed by atoms with Crippen LogP contribution in [0.1, 0.15) is 23.7 Å². The average Bonchev–Trinajstić information content (AvgIpc) is 2.48. The molecule has 0 bridgehead atoms. The van der Waals surface area contributed by atoms with Crippen LogP contribution in [0.2, 0.25) is 0 Å². The van der Waals surface area contributed by atoms with Gasteiger partial charge in [-0.05, 0) is 19.1 Å². The third-order valence-corrected chi connectivity index (χ3v) is 4.67. The number of rotatable bonds is 6. The number of aliphatic carboxylic acids is 1. The highest BCUT2D eigenvalue weighted by Crippen LogP contribution is 2.43. The number of carbonyl (C=O) groups excluding carboxylic acids is 1. The molecular formula is C14H16O6S2. The Balaban J connectivity index is 2.46. The van der Waals surface area contributed by atoms with Crippen molar-refractivity contribution in [3.63, 3.8) is 0 Å². The maximum Gasteiger partial charge on any atom is 0.309 e. The van der Waals surface area contributed by atoms with Crippen molar-refractivity contribution in [2.45, 2.75) is 29.2 Å². The van der Waals surface area contributed by atoms with Crippen LogP contribution in [0.5, 0.6) is 5.75 Å². The number of ketones is 1. The van der Waals surface area contributed by atoms with E-state index in [2.05, 4.69) is 0 Å². The molecule has 6 nitrogen and oxygen atoms in total. The van der Waals surface area contributed by atoms with Gasteiger partial charge in [0.25, 0.3) is 0 Å². The van der Waals surface area contributed by atoms with Crippen LogP contribution in [0, 0.1) is 5.92 Å². The van der Waals surface area contributed by atoms with Crippen LogP contribution >= 0.6 is 24.1 Å². The summed E-state index contributed by atoms with van der Waals surface area (Å²) in [4.78, 5) is 24.9. The number of hydrogen-bond donors (Lipinski definition) is 1. The SMILES string of the molecule is COSc1ccc(SOC)c2c1OC(C(C)C(=O)O)CC2=O. The molecule has 1 aliphatic heterocycles. The Morgan fingerprint density at radius 2 is 1.91 bits per heavy atom. The summed E-state index contributed by atoms with van der Waals surface area (Å²) in [6.07, 6.45) is -0.671. The molecule has 0 saturated heterocycles. The molecule has 1 aliphatic rings. The molecule has 120 valence electrons. The van der Waals surface area contributed by atoms with Crippen LogP contribution in [0.15, 0.2) is 21.9 Å². The second kappa shape index (κ2) is 7.36. The van der Waals surface area contributed by atoms with Gasteiger partial charge in [0.2, 0.25) is 0 Å². The zero-order chi connectivity index (χ0) is 16.3. The minimum Gasteiger partial charge on any atom is -0.487 e. The molecule has 2 unspecified atom stereocenters. The summed E-state index contributed by atoms with van der Waals surface area (Å²) >= 11 is 2.14. The van der Waals surface area contributed by atoms with E-state index in [9.17, 15) is 9.59 Å². The summed E-state index contributed by atoms with van der Waals surface area (Å²) in [6.45, 7) is 1.53. The van der Waals surface area contributed by atoms with Gasteiger partial charge in [-0.3, -0.25) is 9.59 Å². The van der Waals surface area contributed by atoms with E-state index >= 15 is 0 Å². The molecular weight excluding hydrogens is 328 g/mol. The first-order valence-corrected chi connectivity index (χ1v) is 7.98. The number of Topliss-reactive ketones (excluding diaryl/α,β-unsaturated/α-hetero) is 1. The van der Waals surface area contributed by atoms with Crippen LogP contribution in [-0.4, -0.2) is 37.2 Å². The van der Waals surface area contributed by atoms with E-state index in [4.69, 9.17) is 18.2 Å².